The topological polar surface area (TPSA) is 71.5 Å². The Morgan fingerprint density at radius 1 is 1.08 bits per heavy atom. The summed E-state index contributed by atoms with van der Waals surface area (Å²) >= 11 is 1.35. The minimum atomic E-state index is -0.577. The van der Waals surface area contributed by atoms with Gasteiger partial charge in [0.2, 0.25) is 5.91 Å². The average molecular weight is 544 g/mol. The molecule has 0 spiro atoms. The second-order valence-electron chi connectivity index (χ2n) is 10.6. The van der Waals surface area contributed by atoms with Crippen LogP contribution < -0.4 is 10.1 Å². The van der Waals surface area contributed by atoms with Gasteiger partial charge >= 0.3 is 0 Å². The maximum Gasteiger partial charge on any atom is 0.275 e. The number of thiazole rings is 1. The van der Waals surface area contributed by atoms with Crippen LogP contribution in [0.5, 0.6) is 5.75 Å². The molecule has 200 valence electrons. The van der Waals surface area contributed by atoms with E-state index < -0.39 is 11.5 Å². The van der Waals surface area contributed by atoms with Crippen LogP contribution >= 0.6 is 11.3 Å². The van der Waals surface area contributed by atoms with Crippen molar-refractivity contribution in [1.29, 1.82) is 0 Å². The Kier molecular flexibility index (Phi) is 7.48. The molecule has 1 N–H and O–H groups in total. The van der Waals surface area contributed by atoms with E-state index in [-0.39, 0.29) is 24.2 Å². The van der Waals surface area contributed by atoms with E-state index in [9.17, 15) is 14.0 Å². The fourth-order valence-corrected chi connectivity index (χ4v) is 5.40. The van der Waals surface area contributed by atoms with E-state index in [2.05, 4.69) is 10.3 Å². The van der Waals surface area contributed by atoms with Crippen LogP contribution in [0.3, 0.4) is 0 Å². The van der Waals surface area contributed by atoms with Crippen LogP contribution in [0.1, 0.15) is 59.0 Å². The standard InChI is InChI=1S/C31H30FN3O3S/c1-31(2,3)30(37)35-15-14-20-12-13-24(17-25(20)28(35)21-8-7-9-22(32)16-21)38-18-27-34-26(19-39-27)29(36)33-23-10-5-4-6-11-23/h4-13,16-17,19,28H,14-15,18H2,1-3H3,(H,33,36). The first-order valence-corrected chi connectivity index (χ1v) is 13.7. The molecule has 0 aliphatic carbocycles. The van der Waals surface area contributed by atoms with Crippen LogP contribution in [0, 0.1) is 11.2 Å². The van der Waals surface area contributed by atoms with Crippen molar-refractivity contribution in [2.75, 3.05) is 11.9 Å². The minimum absolute atomic E-state index is 0.0119. The van der Waals surface area contributed by atoms with Crippen molar-refractivity contribution in [3.63, 3.8) is 0 Å². The summed E-state index contributed by atoms with van der Waals surface area (Å²) in [5, 5.41) is 5.21. The van der Waals surface area contributed by atoms with Gasteiger partial charge in [-0.1, -0.05) is 57.2 Å². The first kappa shape index (κ1) is 26.6. The zero-order valence-electron chi connectivity index (χ0n) is 22.1. The number of para-hydroxylation sites is 1. The number of hydrogen-bond donors (Lipinski definition) is 1. The second-order valence-corrected chi connectivity index (χ2v) is 11.5. The minimum Gasteiger partial charge on any atom is -0.486 e. The number of hydrogen-bond acceptors (Lipinski definition) is 5. The lowest BCUT2D eigenvalue weighted by molar-refractivity contribution is -0.141. The third kappa shape index (κ3) is 6.01. The molecule has 3 aromatic carbocycles. The maximum atomic E-state index is 14.3. The predicted octanol–water partition coefficient (Wildman–Crippen LogP) is 6.63. The Morgan fingerprint density at radius 2 is 1.87 bits per heavy atom. The van der Waals surface area contributed by atoms with Crippen LogP contribution in [0.15, 0.2) is 78.2 Å². The Balaban J connectivity index is 1.36. The normalized spacial score (nSPS) is 15.0. The van der Waals surface area contributed by atoms with Gasteiger partial charge in [-0.25, -0.2) is 9.37 Å². The van der Waals surface area contributed by atoms with Gasteiger partial charge in [0.15, 0.2) is 0 Å². The first-order valence-electron chi connectivity index (χ1n) is 12.8. The summed E-state index contributed by atoms with van der Waals surface area (Å²) in [5.74, 6) is 0.00797. The Hall–Kier alpha value is -4.04. The van der Waals surface area contributed by atoms with E-state index in [1.165, 1.54) is 23.5 Å². The maximum absolute atomic E-state index is 14.3. The lowest BCUT2D eigenvalue weighted by atomic mass is 9.85. The molecule has 1 aromatic heterocycles. The molecule has 0 bridgehead atoms. The molecule has 1 unspecified atom stereocenters. The number of aromatic nitrogens is 1. The number of rotatable bonds is 6. The first-order chi connectivity index (χ1) is 18.7. The lowest BCUT2D eigenvalue weighted by Crippen LogP contribution is -2.45. The average Bonchev–Trinajstić information content (AvgIpc) is 3.40. The molecule has 1 atom stereocenters. The Labute approximate surface area is 231 Å². The number of benzene rings is 3. The van der Waals surface area contributed by atoms with E-state index in [0.717, 1.165) is 16.7 Å². The number of carbonyl (C=O) groups is 2. The molecule has 39 heavy (non-hydrogen) atoms. The van der Waals surface area contributed by atoms with Gasteiger partial charge in [-0.2, -0.15) is 0 Å². The van der Waals surface area contributed by atoms with Gasteiger partial charge in [0.05, 0.1) is 6.04 Å². The van der Waals surface area contributed by atoms with Crippen LogP contribution in [-0.2, 0) is 17.8 Å². The summed E-state index contributed by atoms with van der Waals surface area (Å²) < 4.78 is 20.3. The summed E-state index contributed by atoms with van der Waals surface area (Å²) in [6.07, 6.45) is 0.704. The van der Waals surface area contributed by atoms with Crippen molar-refractivity contribution in [2.24, 2.45) is 5.41 Å². The number of amides is 2. The van der Waals surface area contributed by atoms with Gasteiger partial charge in [0.1, 0.15) is 28.9 Å². The zero-order chi connectivity index (χ0) is 27.6. The fourth-order valence-electron chi connectivity index (χ4n) is 4.71. The molecule has 2 amide bonds. The molecule has 1 aliphatic rings. The smallest absolute Gasteiger partial charge is 0.275 e. The summed E-state index contributed by atoms with van der Waals surface area (Å²) in [4.78, 5) is 32.3. The highest BCUT2D eigenvalue weighted by atomic mass is 32.1. The number of carbonyl (C=O) groups excluding carboxylic acids is 2. The molecular weight excluding hydrogens is 513 g/mol. The second kappa shape index (κ2) is 11.0. The summed E-state index contributed by atoms with van der Waals surface area (Å²) in [5.41, 5.74) is 3.20. The number of fused-ring (bicyclic) bond motifs is 1. The van der Waals surface area contributed by atoms with Crippen LogP contribution in [0.2, 0.25) is 0 Å². The molecule has 8 heteroatoms. The van der Waals surface area contributed by atoms with E-state index in [1.54, 1.807) is 11.4 Å². The highest BCUT2D eigenvalue weighted by Gasteiger charge is 2.37. The number of halogens is 1. The van der Waals surface area contributed by atoms with Crippen LogP contribution in [0.25, 0.3) is 0 Å². The van der Waals surface area contributed by atoms with Crippen molar-refractivity contribution in [1.82, 2.24) is 9.88 Å². The summed E-state index contributed by atoms with van der Waals surface area (Å²) in [7, 11) is 0. The number of anilines is 1. The van der Waals surface area contributed by atoms with Gasteiger partial charge in [0, 0.05) is 23.0 Å². The van der Waals surface area contributed by atoms with Gasteiger partial charge in [-0.3, -0.25) is 9.59 Å². The highest BCUT2D eigenvalue weighted by molar-refractivity contribution is 7.09. The SMILES string of the molecule is CC(C)(C)C(=O)N1CCc2ccc(OCc3nc(C(=O)Nc4ccccc4)cs3)cc2C1c1cccc(F)c1. The highest BCUT2D eigenvalue weighted by Crippen LogP contribution is 2.39. The molecule has 0 saturated carbocycles. The molecule has 0 saturated heterocycles. The van der Waals surface area contributed by atoms with Gasteiger partial charge < -0.3 is 15.0 Å². The third-order valence-electron chi connectivity index (χ3n) is 6.59. The zero-order valence-corrected chi connectivity index (χ0v) is 22.9. The predicted molar refractivity (Wildman–Crippen MR) is 150 cm³/mol. The van der Waals surface area contributed by atoms with Gasteiger partial charge in [-0.05, 0) is 59.5 Å². The van der Waals surface area contributed by atoms with Crippen molar-refractivity contribution < 1.29 is 18.7 Å². The molecule has 1 aliphatic heterocycles. The number of ether oxygens (including phenoxy) is 1. The van der Waals surface area contributed by atoms with Gasteiger partial charge in [-0.15, -0.1) is 11.3 Å². The molecule has 5 rings (SSSR count). The van der Waals surface area contributed by atoms with Gasteiger partial charge in [0.25, 0.3) is 5.91 Å². The largest absolute Gasteiger partial charge is 0.486 e. The molecular formula is C31H30FN3O3S. The van der Waals surface area contributed by atoms with Crippen molar-refractivity contribution in [3.05, 3.63) is 111 Å². The van der Waals surface area contributed by atoms with E-state index >= 15 is 0 Å². The molecule has 0 fully saturated rings. The number of nitrogens with zero attached hydrogens (tertiary/aromatic N) is 2. The summed E-state index contributed by atoms with van der Waals surface area (Å²) in [6, 6.07) is 21.1. The third-order valence-corrected chi connectivity index (χ3v) is 7.41. The summed E-state index contributed by atoms with van der Waals surface area (Å²) in [6.45, 7) is 6.44. The van der Waals surface area contributed by atoms with Crippen LogP contribution in [-0.4, -0.2) is 28.2 Å². The quantitative estimate of drug-likeness (QED) is 0.296. The number of nitrogens with one attached hydrogen (secondary N) is 1. The molecule has 0 radical (unpaired) electrons. The van der Waals surface area contributed by atoms with E-state index in [4.69, 9.17) is 4.74 Å². The molecule has 2 heterocycles. The van der Waals surface area contributed by atoms with Crippen molar-refractivity contribution >= 4 is 28.8 Å². The van der Waals surface area contributed by atoms with Crippen molar-refractivity contribution in [2.45, 2.75) is 39.8 Å². The molecule has 4 aromatic rings. The van der Waals surface area contributed by atoms with Crippen molar-refractivity contribution in [3.8, 4) is 5.75 Å². The van der Waals surface area contributed by atoms with E-state index in [1.807, 2.05) is 80.3 Å². The molecule has 6 nitrogen and oxygen atoms in total. The monoisotopic (exact) mass is 543 g/mol. The Bertz CT molecular complexity index is 1500. The van der Waals surface area contributed by atoms with E-state index in [0.29, 0.717) is 35.1 Å². The lowest BCUT2D eigenvalue weighted by Gasteiger charge is -2.41. The fraction of sp³-hybridized carbons (Fsp3) is 0.258. The van der Waals surface area contributed by atoms with Crippen LogP contribution in [0.4, 0.5) is 10.1 Å². The Morgan fingerprint density at radius 3 is 2.62 bits per heavy atom.